The van der Waals surface area contributed by atoms with E-state index in [1.54, 1.807) is 17.2 Å². The molecule has 2 rings (SSSR count). The van der Waals surface area contributed by atoms with Crippen LogP contribution >= 0.6 is 11.3 Å². The number of anilines is 1. The maximum absolute atomic E-state index is 12.8. The standard InChI is InChI=1S/C19H26N4O3S/c1-6-26-22-18(24)15-11-27-16(20-15)10-23(12(2)3)19(25)21-17-13(4)8-7-9-14(17)5/h7-9,11-12H,6,10H2,1-5H3,(H,21,25)(H,22,24). The molecule has 8 heteroatoms. The molecule has 0 aliphatic heterocycles. The molecule has 0 saturated heterocycles. The fourth-order valence-electron chi connectivity index (χ4n) is 2.50. The Hall–Kier alpha value is -2.45. The second-order valence-corrected chi connectivity index (χ2v) is 7.35. The van der Waals surface area contributed by atoms with Crippen molar-refractivity contribution in [1.29, 1.82) is 0 Å². The van der Waals surface area contributed by atoms with Crippen LogP contribution in [0.15, 0.2) is 23.6 Å². The van der Waals surface area contributed by atoms with Gasteiger partial charge in [0.2, 0.25) is 0 Å². The molecule has 0 bridgehead atoms. The normalized spacial score (nSPS) is 10.7. The third-order valence-corrected chi connectivity index (χ3v) is 4.83. The molecule has 1 heterocycles. The summed E-state index contributed by atoms with van der Waals surface area (Å²) in [5, 5.41) is 5.34. The van der Waals surface area contributed by atoms with Crippen LogP contribution in [0, 0.1) is 13.8 Å². The van der Waals surface area contributed by atoms with E-state index in [0.717, 1.165) is 16.8 Å². The highest BCUT2D eigenvalue weighted by Gasteiger charge is 2.21. The molecule has 2 aromatic rings. The molecule has 0 saturated carbocycles. The van der Waals surface area contributed by atoms with Gasteiger partial charge in [-0.05, 0) is 45.7 Å². The van der Waals surface area contributed by atoms with Crippen molar-refractivity contribution in [3.63, 3.8) is 0 Å². The summed E-state index contributed by atoms with van der Waals surface area (Å²) in [5.41, 5.74) is 5.44. The zero-order valence-corrected chi connectivity index (χ0v) is 17.1. The van der Waals surface area contributed by atoms with Crippen LogP contribution < -0.4 is 10.8 Å². The van der Waals surface area contributed by atoms with E-state index in [0.29, 0.717) is 18.2 Å². The second kappa shape index (κ2) is 9.48. The van der Waals surface area contributed by atoms with Gasteiger partial charge in [0, 0.05) is 17.1 Å². The fraction of sp³-hybridized carbons (Fsp3) is 0.421. The molecule has 27 heavy (non-hydrogen) atoms. The molecule has 1 aromatic carbocycles. The third-order valence-electron chi connectivity index (χ3n) is 4.00. The predicted molar refractivity (Wildman–Crippen MR) is 107 cm³/mol. The lowest BCUT2D eigenvalue weighted by molar-refractivity contribution is 0.0360. The molecule has 0 atom stereocenters. The largest absolute Gasteiger partial charge is 0.322 e. The number of thiazole rings is 1. The van der Waals surface area contributed by atoms with E-state index in [9.17, 15) is 9.59 Å². The zero-order chi connectivity index (χ0) is 20.0. The third kappa shape index (κ3) is 5.51. The Morgan fingerprint density at radius 1 is 1.26 bits per heavy atom. The highest BCUT2D eigenvalue weighted by molar-refractivity contribution is 7.09. The van der Waals surface area contributed by atoms with Gasteiger partial charge in [-0.2, -0.15) is 0 Å². The Labute approximate surface area is 163 Å². The number of aromatic nitrogens is 1. The van der Waals surface area contributed by atoms with E-state index < -0.39 is 5.91 Å². The monoisotopic (exact) mass is 390 g/mol. The number of hydroxylamine groups is 1. The number of hydrogen-bond donors (Lipinski definition) is 2. The van der Waals surface area contributed by atoms with Crippen LogP contribution in [0.25, 0.3) is 0 Å². The molecule has 0 radical (unpaired) electrons. The van der Waals surface area contributed by atoms with Crippen LogP contribution in [-0.4, -0.2) is 34.5 Å². The second-order valence-electron chi connectivity index (χ2n) is 6.41. The minimum absolute atomic E-state index is 0.0288. The van der Waals surface area contributed by atoms with Crippen molar-refractivity contribution in [3.05, 3.63) is 45.4 Å². The van der Waals surface area contributed by atoms with Gasteiger partial charge in [-0.1, -0.05) is 18.2 Å². The van der Waals surface area contributed by atoms with E-state index in [4.69, 9.17) is 4.84 Å². The maximum atomic E-state index is 12.8. The van der Waals surface area contributed by atoms with Gasteiger partial charge in [-0.25, -0.2) is 15.3 Å². The summed E-state index contributed by atoms with van der Waals surface area (Å²) < 4.78 is 0. The highest BCUT2D eigenvalue weighted by Crippen LogP contribution is 2.21. The highest BCUT2D eigenvalue weighted by atomic mass is 32.1. The number of carbonyl (C=O) groups excluding carboxylic acids is 2. The molecule has 0 spiro atoms. The van der Waals surface area contributed by atoms with E-state index in [-0.39, 0.29) is 17.8 Å². The average molecular weight is 391 g/mol. The van der Waals surface area contributed by atoms with Crippen LogP contribution in [0.4, 0.5) is 10.5 Å². The summed E-state index contributed by atoms with van der Waals surface area (Å²) in [6.45, 7) is 10.3. The summed E-state index contributed by atoms with van der Waals surface area (Å²) in [6.07, 6.45) is 0. The van der Waals surface area contributed by atoms with Gasteiger partial charge in [0.1, 0.15) is 10.7 Å². The number of nitrogens with zero attached hydrogens (tertiary/aromatic N) is 2. The Balaban J connectivity index is 2.10. The van der Waals surface area contributed by atoms with Crippen molar-refractivity contribution in [2.24, 2.45) is 0 Å². The Morgan fingerprint density at radius 3 is 2.52 bits per heavy atom. The van der Waals surface area contributed by atoms with Gasteiger partial charge in [0.25, 0.3) is 5.91 Å². The number of aryl methyl sites for hydroxylation is 2. The van der Waals surface area contributed by atoms with E-state index >= 15 is 0 Å². The Morgan fingerprint density at radius 2 is 1.93 bits per heavy atom. The molecular weight excluding hydrogens is 364 g/mol. The van der Waals surface area contributed by atoms with Gasteiger partial charge in [-0.15, -0.1) is 11.3 Å². The number of carbonyl (C=O) groups is 2. The summed E-state index contributed by atoms with van der Waals surface area (Å²) in [6, 6.07) is 5.67. The Kier molecular flexibility index (Phi) is 7.32. The lowest BCUT2D eigenvalue weighted by atomic mass is 10.1. The zero-order valence-electron chi connectivity index (χ0n) is 16.3. The average Bonchev–Trinajstić information content (AvgIpc) is 3.09. The molecular formula is C19H26N4O3S. The molecule has 2 N–H and O–H groups in total. The first-order valence-electron chi connectivity index (χ1n) is 8.83. The molecule has 7 nitrogen and oxygen atoms in total. The Bertz CT molecular complexity index is 784. The van der Waals surface area contributed by atoms with Crippen molar-refractivity contribution in [2.45, 2.75) is 47.2 Å². The number of para-hydroxylation sites is 1. The first-order valence-corrected chi connectivity index (χ1v) is 9.71. The van der Waals surface area contributed by atoms with E-state index in [1.807, 2.05) is 45.9 Å². The fourth-order valence-corrected chi connectivity index (χ4v) is 3.27. The van der Waals surface area contributed by atoms with E-state index in [1.165, 1.54) is 11.3 Å². The van der Waals surface area contributed by atoms with E-state index in [2.05, 4.69) is 15.8 Å². The quantitative estimate of drug-likeness (QED) is 0.703. The molecule has 1 aromatic heterocycles. The molecule has 0 aliphatic rings. The van der Waals surface area contributed by atoms with Crippen LogP contribution in [-0.2, 0) is 11.4 Å². The smallest absolute Gasteiger partial charge is 0.315 e. The number of benzene rings is 1. The maximum Gasteiger partial charge on any atom is 0.322 e. The molecule has 146 valence electrons. The lowest BCUT2D eigenvalue weighted by Gasteiger charge is -2.27. The van der Waals surface area contributed by atoms with Crippen LogP contribution in [0.5, 0.6) is 0 Å². The molecule has 0 aliphatic carbocycles. The first-order chi connectivity index (χ1) is 12.8. The van der Waals surface area contributed by atoms with Crippen LogP contribution in [0.2, 0.25) is 0 Å². The molecule has 0 fully saturated rings. The predicted octanol–water partition coefficient (Wildman–Crippen LogP) is 3.88. The van der Waals surface area contributed by atoms with Gasteiger partial charge >= 0.3 is 6.03 Å². The molecule has 0 unspecified atom stereocenters. The number of hydrogen-bond acceptors (Lipinski definition) is 5. The van der Waals surface area contributed by atoms with Crippen molar-refractivity contribution in [1.82, 2.24) is 15.4 Å². The van der Waals surface area contributed by atoms with Gasteiger partial charge in [0.15, 0.2) is 0 Å². The van der Waals surface area contributed by atoms with Crippen molar-refractivity contribution in [2.75, 3.05) is 11.9 Å². The van der Waals surface area contributed by atoms with Crippen molar-refractivity contribution >= 4 is 29.0 Å². The topological polar surface area (TPSA) is 83.6 Å². The summed E-state index contributed by atoms with van der Waals surface area (Å²) in [7, 11) is 0. The van der Waals surface area contributed by atoms with Crippen LogP contribution in [0.1, 0.15) is 47.4 Å². The summed E-state index contributed by atoms with van der Waals surface area (Å²) in [5.74, 6) is -0.393. The van der Waals surface area contributed by atoms with Gasteiger partial charge < -0.3 is 10.2 Å². The first kappa shape index (κ1) is 20.9. The summed E-state index contributed by atoms with van der Waals surface area (Å²) >= 11 is 1.34. The van der Waals surface area contributed by atoms with Gasteiger partial charge in [0.05, 0.1) is 13.2 Å². The minimum atomic E-state index is -0.393. The number of nitrogens with one attached hydrogen (secondary N) is 2. The van der Waals surface area contributed by atoms with Crippen LogP contribution in [0.3, 0.4) is 0 Å². The van der Waals surface area contributed by atoms with Gasteiger partial charge in [-0.3, -0.25) is 9.63 Å². The minimum Gasteiger partial charge on any atom is -0.315 e. The van der Waals surface area contributed by atoms with Crippen molar-refractivity contribution < 1.29 is 14.4 Å². The lowest BCUT2D eigenvalue weighted by Crippen LogP contribution is -2.39. The summed E-state index contributed by atoms with van der Waals surface area (Å²) in [4.78, 5) is 35.6. The molecule has 3 amide bonds. The van der Waals surface area contributed by atoms with Crippen molar-refractivity contribution in [3.8, 4) is 0 Å². The number of rotatable bonds is 7. The SMILES string of the molecule is CCONC(=O)c1csc(CN(C(=O)Nc2c(C)cccc2C)C(C)C)n1. The number of urea groups is 1. The number of amides is 3.